The molecular formula is C14H21N3O. The molecule has 0 spiro atoms. The number of nitrogen functional groups attached to an aromatic ring is 1. The van der Waals surface area contributed by atoms with Gasteiger partial charge < -0.3 is 16.8 Å². The van der Waals surface area contributed by atoms with E-state index in [4.69, 9.17) is 11.5 Å². The minimum atomic E-state index is -0.480. The zero-order valence-corrected chi connectivity index (χ0v) is 10.6. The first kappa shape index (κ1) is 12.7. The van der Waals surface area contributed by atoms with Crippen molar-refractivity contribution in [1.29, 1.82) is 0 Å². The largest absolute Gasteiger partial charge is 0.396 e. The van der Waals surface area contributed by atoms with Crippen LogP contribution in [0, 0.1) is 5.92 Å². The zero-order chi connectivity index (χ0) is 13.0. The molecule has 0 radical (unpaired) electrons. The van der Waals surface area contributed by atoms with E-state index in [-0.39, 0.29) is 0 Å². The second kappa shape index (κ2) is 5.76. The molecule has 2 rings (SSSR count). The van der Waals surface area contributed by atoms with Gasteiger partial charge in [0.05, 0.1) is 16.9 Å². The van der Waals surface area contributed by atoms with E-state index in [0.29, 0.717) is 11.3 Å². The molecule has 0 bridgehead atoms. The highest BCUT2D eigenvalue weighted by molar-refractivity contribution is 6.00. The molecule has 1 saturated carbocycles. The predicted molar refractivity (Wildman–Crippen MR) is 74.4 cm³/mol. The average molecular weight is 247 g/mol. The smallest absolute Gasteiger partial charge is 0.250 e. The normalized spacial score (nSPS) is 15.8. The number of rotatable bonds is 5. The van der Waals surface area contributed by atoms with Crippen LogP contribution in [0.15, 0.2) is 18.2 Å². The topological polar surface area (TPSA) is 81.1 Å². The van der Waals surface area contributed by atoms with Gasteiger partial charge in [0.25, 0.3) is 5.91 Å². The first-order chi connectivity index (χ1) is 8.68. The van der Waals surface area contributed by atoms with Crippen LogP contribution < -0.4 is 16.8 Å². The van der Waals surface area contributed by atoms with E-state index in [1.54, 1.807) is 12.1 Å². The molecule has 1 aliphatic rings. The molecule has 0 atom stereocenters. The minimum Gasteiger partial charge on any atom is -0.396 e. The molecule has 1 fully saturated rings. The van der Waals surface area contributed by atoms with Crippen molar-refractivity contribution in [2.45, 2.75) is 32.1 Å². The Kier molecular flexibility index (Phi) is 4.07. The lowest BCUT2D eigenvalue weighted by molar-refractivity contribution is 0.100. The summed E-state index contributed by atoms with van der Waals surface area (Å²) in [6.07, 6.45) is 6.59. The van der Waals surface area contributed by atoms with Gasteiger partial charge in [0.15, 0.2) is 0 Å². The summed E-state index contributed by atoms with van der Waals surface area (Å²) in [5.74, 6) is 0.366. The van der Waals surface area contributed by atoms with E-state index in [2.05, 4.69) is 5.32 Å². The predicted octanol–water partition coefficient (Wildman–Crippen LogP) is 2.36. The molecule has 18 heavy (non-hydrogen) atoms. The van der Waals surface area contributed by atoms with Gasteiger partial charge in [-0.25, -0.2) is 0 Å². The Morgan fingerprint density at radius 1 is 1.33 bits per heavy atom. The summed E-state index contributed by atoms with van der Waals surface area (Å²) >= 11 is 0. The van der Waals surface area contributed by atoms with Gasteiger partial charge in [-0.15, -0.1) is 0 Å². The maximum atomic E-state index is 11.2. The number of nitrogens with two attached hydrogens (primary N) is 2. The molecular weight excluding hydrogens is 226 g/mol. The highest BCUT2D eigenvalue weighted by Gasteiger charge is 2.14. The lowest BCUT2D eigenvalue weighted by Crippen LogP contribution is -2.15. The van der Waals surface area contributed by atoms with Crippen LogP contribution in [0.1, 0.15) is 42.5 Å². The van der Waals surface area contributed by atoms with Crippen LogP contribution in [0.25, 0.3) is 0 Å². The van der Waals surface area contributed by atoms with Gasteiger partial charge in [0, 0.05) is 6.54 Å². The number of carbonyl (C=O) groups excluding carboxylic acids is 1. The van der Waals surface area contributed by atoms with Gasteiger partial charge in [-0.3, -0.25) is 4.79 Å². The van der Waals surface area contributed by atoms with Crippen molar-refractivity contribution < 1.29 is 4.79 Å². The molecule has 1 aromatic rings. The van der Waals surface area contributed by atoms with E-state index < -0.39 is 5.91 Å². The van der Waals surface area contributed by atoms with Crippen LogP contribution in [-0.2, 0) is 0 Å². The van der Waals surface area contributed by atoms with E-state index in [0.717, 1.165) is 18.2 Å². The Bertz CT molecular complexity index is 425. The van der Waals surface area contributed by atoms with Crippen molar-refractivity contribution in [2.75, 3.05) is 17.6 Å². The second-order valence-corrected chi connectivity index (χ2v) is 5.00. The Hall–Kier alpha value is -1.71. The molecule has 5 N–H and O–H groups in total. The van der Waals surface area contributed by atoms with E-state index in [1.807, 2.05) is 6.07 Å². The molecule has 1 aliphatic carbocycles. The molecule has 4 nitrogen and oxygen atoms in total. The number of anilines is 2. The third kappa shape index (κ3) is 2.94. The molecule has 0 aromatic heterocycles. The van der Waals surface area contributed by atoms with Gasteiger partial charge >= 0.3 is 0 Å². The van der Waals surface area contributed by atoms with Gasteiger partial charge in [0.1, 0.15) is 0 Å². The number of amides is 1. The summed E-state index contributed by atoms with van der Waals surface area (Å²) in [7, 11) is 0. The van der Waals surface area contributed by atoms with E-state index in [9.17, 15) is 4.79 Å². The van der Waals surface area contributed by atoms with Crippen LogP contribution >= 0.6 is 0 Å². The van der Waals surface area contributed by atoms with Crippen molar-refractivity contribution in [3.8, 4) is 0 Å². The minimum absolute atomic E-state index is 0.390. The summed E-state index contributed by atoms with van der Waals surface area (Å²) < 4.78 is 0. The van der Waals surface area contributed by atoms with Crippen LogP contribution in [0.2, 0.25) is 0 Å². The van der Waals surface area contributed by atoms with E-state index >= 15 is 0 Å². The highest BCUT2D eigenvalue weighted by Crippen LogP contribution is 2.28. The Labute approximate surface area is 108 Å². The van der Waals surface area contributed by atoms with Crippen molar-refractivity contribution in [3.63, 3.8) is 0 Å². The molecule has 1 amide bonds. The molecule has 4 heteroatoms. The number of carbonyl (C=O) groups is 1. The van der Waals surface area contributed by atoms with Crippen LogP contribution in [0.5, 0.6) is 0 Å². The van der Waals surface area contributed by atoms with Gasteiger partial charge in [-0.05, 0) is 24.5 Å². The lowest BCUT2D eigenvalue weighted by Gasteiger charge is -2.13. The molecule has 0 unspecified atom stereocenters. The summed E-state index contributed by atoms with van der Waals surface area (Å²) in [6.45, 7) is 0.900. The van der Waals surface area contributed by atoms with Crippen molar-refractivity contribution in [3.05, 3.63) is 23.8 Å². The number of hydrogen-bond donors (Lipinski definition) is 3. The van der Waals surface area contributed by atoms with Gasteiger partial charge in [0.2, 0.25) is 0 Å². The maximum Gasteiger partial charge on any atom is 0.250 e. The molecule has 0 heterocycles. The SMILES string of the molecule is NC(=O)c1cccc(NCCC2CCCC2)c1N. The monoisotopic (exact) mass is 247 g/mol. The number of primary amides is 1. The first-order valence-corrected chi connectivity index (χ1v) is 6.60. The summed E-state index contributed by atoms with van der Waals surface area (Å²) in [5.41, 5.74) is 12.8. The fraction of sp³-hybridized carbons (Fsp3) is 0.500. The maximum absolute atomic E-state index is 11.2. The number of nitrogens with one attached hydrogen (secondary N) is 1. The summed E-state index contributed by atoms with van der Waals surface area (Å²) in [6, 6.07) is 5.34. The van der Waals surface area contributed by atoms with E-state index in [1.165, 1.54) is 32.1 Å². The molecule has 1 aromatic carbocycles. The van der Waals surface area contributed by atoms with Crippen molar-refractivity contribution in [1.82, 2.24) is 0 Å². The standard InChI is InChI=1S/C14H21N3O/c15-13-11(14(16)18)6-3-7-12(13)17-9-8-10-4-1-2-5-10/h3,6-7,10,17H,1-2,4-5,8-9,15H2,(H2,16,18). The van der Waals surface area contributed by atoms with Gasteiger partial charge in [-0.2, -0.15) is 0 Å². The Morgan fingerprint density at radius 2 is 2.06 bits per heavy atom. The Balaban J connectivity index is 1.92. The molecule has 0 aliphatic heterocycles. The number of benzene rings is 1. The summed E-state index contributed by atoms with van der Waals surface area (Å²) in [5, 5.41) is 3.30. The highest BCUT2D eigenvalue weighted by atomic mass is 16.1. The van der Waals surface area contributed by atoms with Crippen LogP contribution in [0.3, 0.4) is 0 Å². The third-order valence-corrected chi connectivity index (χ3v) is 3.71. The second-order valence-electron chi connectivity index (χ2n) is 5.00. The molecule has 0 saturated heterocycles. The van der Waals surface area contributed by atoms with Crippen LogP contribution in [-0.4, -0.2) is 12.5 Å². The number of para-hydroxylation sites is 1. The van der Waals surface area contributed by atoms with Crippen molar-refractivity contribution >= 4 is 17.3 Å². The first-order valence-electron chi connectivity index (χ1n) is 6.60. The zero-order valence-electron chi connectivity index (χ0n) is 10.6. The van der Waals surface area contributed by atoms with Gasteiger partial charge in [-0.1, -0.05) is 31.7 Å². The lowest BCUT2D eigenvalue weighted by atomic mass is 10.0. The third-order valence-electron chi connectivity index (χ3n) is 3.71. The molecule has 98 valence electrons. The fourth-order valence-electron chi connectivity index (χ4n) is 2.64. The Morgan fingerprint density at radius 3 is 2.72 bits per heavy atom. The summed E-state index contributed by atoms with van der Waals surface area (Å²) in [4.78, 5) is 11.2. The average Bonchev–Trinajstić information content (AvgIpc) is 2.84. The van der Waals surface area contributed by atoms with Crippen molar-refractivity contribution in [2.24, 2.45) is 11.7 Å². The van der Waals surface area contributed by atoms with Crippen LogP contribution in [0.4, 0.5) is 11.4 Å². The fourth-order valence-corrected chi connectivity index (χ4v) is 2.64. The number of hydrogen-bond acceptors (Lipinski definition) is 3. The quantitative estimate of drug-likeness (QED) is 0.699.